The monoisotopic (exact) mass is 911 g/mol. The summed E-state index contributed by atoms with van der Waals surface area (Å²) in [5.74, 6) is -3.10. The summed E-state index contributed by atoms with van der Waals surface area (Å²) in [5, 5.41) is 47.8. The van der Waals surface area contributed by atoms with Crippen LogP contribution in [0.2, 0.25) is 0 Å². The van der Waals surface area contributed by atoms with E-state index in [-0.39, 0.29) is 44.1 Å². The summed E-state index contributed by atoms with van der Waals surface area (Å²) in [6, 6.07) is 8.58. The average Bonchev–Trinajstić information content (AvgIpc) is 3.24. The van der Waals surface area contributed by atoms with Crippen LogP contribution in [0.25, 0.3) is 0 Å². The lowest BCUT2D eigenvalue weighted by molar-refractivity contribution is -0.318. The van der Waals surface area contributed by atoms with Crippen LogP contribution in [0.15, 0.2) is 30.3 Å². The number of hydrogen-bond donors (Lipinski definition) is 4. The molecule has 368 valence electrons. The van der Waals surface area contributed by atoms with Crippen LogP contribution >= 0.6 is 0 Å². The highest BCUT2D eigenvalue weighted by molar-refractivity contribution is 5.73. The van der Waals surface area contributed by atoms with Gasteiger partial charge < -0.3 is 68.1 Å². The van der Waals surface area contributed by atoms with Crippen molar-refractivity contribution in [2.45, 2.75) is 205 Å². The second-order valence-corrected chi connectivity index (χ2v) is 19.8. The first kappa shape index (κ1) is 54.1. The van der Waals surface area contributed by atoms with E-state index in [1.54, 1.807) is 34.6 Å². The first-order chi connectivity index (χ1) is 29.9. The van der Waals surface area contributed by atoms with Gasteiger partial charge in [-0.25, -0.2) is 4.79 Å². The number of hydrogen-bond acceptors (Lipinski definition) is 16. The van der Waals surface area contributed by atoms with E-state index in [4.69, 9.17) is 37.9 Å². The van der Waals surface area contributed by atoms with Gasteiger partial charge in [0.05, 0.1) is 53.7 Å². The number of rotatable bonds is 12. The predicted octanol–water partition coefficient (Wildman–Crippen LogP) is 5.04. The number of carbonyl (C=O) groups excluding carboxylic acids is 2. The molecule has 0 aliphatic carbocycles. The van der Waals surface area contributed by atoms with Crippen molar-refractivity contribution in [1.82, 2.24) is 9.80 Å². The Balaban J connectivity index is 1.86. The van der Waals surface area contributed by atoms with Crippen molar-refractivity contribution in [1.29, 1.82) is 0 Å². The molecule has 1 aromatic carbocycles. The van der Waals surface area contributed by atoms with Crippen LogP contribution in [-0.4, -0.2) is 167 Å². The zero-order valence-electron chi connectivity index (χ0n) is 41.0. The Labute approximate surface area is 382 Å². The number of methoxy groups -OCH3 is 1. The van der Waals surface area contributed by atoms with Gasteiger partial charge in [-0.15, -0.1) is 0 Å². The molecule has 0 spiro atoms. The van der Waals surface area contributed by atoms with Gasteiger partial charge in [-0.2, -0.15) is 0 Å². The maximum atomic E-state index is 14.5. The second-order valence-electron chi connectivity index (χ2n) is 19.8. The molecule has 64 heavy (non-hydrogen) atoms. The molecule has 16 nitrogen and oxygen atoms in total. The molecule has 4 N–H and O–H groups in total. The van der Waals surface area contributed by atoms with E-state index < -0.39 is 102 Å². The largest absolute Gasteiger partial charge is 0.509 e. The molecule has 3 aliphatic heterocycles. The van der Waals surface area contributed by atoms with Gasteiger partial charge >= 0.3 is 12.1 Å². The number of nitrogens with zero attached hydrogens (tertiary/aromatic N) is 2. The van der Waals surface area contributed by atoms with Crippen LogP contribution in [0.5, 0.6) is 0 Å². The zero-order valence-corrected chi connectivity index (χ0v) is 41.0. The van der Waals surface area contributed by atoms with Crippen LogP contribution in [0, 0.1) is 17.8 Å². The summed E-state index contributed by atoms with van der Waals surface area (Å²) >= 11 is 0. The molecular formula is C48H82N2O14. The highest BCUT2D eigenvalue weighted by Gasteiger charge is 2.53. The summed E-state index contributed by atoms with van der Waals surface area (Å²) < 4.78 is 50.3. The van der Waals surface area contributed by atoms with Crippen molar-refractivity contribution in [2.75, 3.05) is 34.3 Å². The van der Waals surface area contributed by atoms with Crippen molar-refractivity contribution in [3.05, 3.63) is 35.9 Å². The minimum absolute atomic E-state index is 0.0136. The molecule has 0 aromatic heterocycles. The summed E-state index contributed by atoms with van der Waals surface area (Å²) in [6.07, 6.45) is -9.13. The fourth-order valence-electron chi connectivity index (χ4n) is 10.1. The van der Waals surface area contributed by atoms with Gasteiger partial charge in [-0.1, -0.05) is 58.0 Å². The predicted molar refractivity (Wildman–Crippen MR) is 239 cm³/mol. The van der Waals surface area contributed by atoms with Crippen molar-refractivity contribution < 1.29 is 67.9 Å². The van der Waals surface area contributed by atoms with E-state index in [1.165, 1.54) is 14.0 Å². The van der Waals surface area contributed by atoms with Gasteiger partial charge in [-0.05, 0) is 106 Å². The van der Waals surface area contributed by atoms with E-state index in [0.717, 1.165) is 12.0 Å². The number of aliphatic hydroxyl groups excluding tert-OH is 2. The summed E-state index contributed by atoms with van der Waals surface area (Å²) in [7, 11) is 5.26. The van der Waals surface area contributed by atoms with Gasteiger partial charge in [-0.3, -0.25) is 4.79 Å². The Bertz CT molecular complexity index is 1600. The lowest BCUT2D eigenvalue weighted by Crippen LogP contribution is -2.61. The molecule has 0 amide bonds. The fourth-order valence-corrected chi connectivity index (χ4v) is 10.1. The van der Waals surface area contributed by atoms with Crippen LogP contribution in [0.1, 0.15) is 114 Å². The lowest BCUT2D eigenvalue weighted by atomic mass is 9.78. The molecule has 18 atom stereocenters. The van der Waals surface area contributed by atoms with E-state index in [9.17, 15) is 30.0 Å². The van der Waals surface area contributed by atoms with Crippen molar-refractivity contribution in [2.24, 2.45) is 17.8 Å². The van der Waals surface area contributed by atoms with Crippen molar-refractivity contribution >= 4 is 12.1 Å². The highest BCUT2D eigenvalue weighted by atomic mass is 16.8. The Morgan fingerprint density at radius 1 is 0.922 bits per heavy atom. The molecule has 16 heteroatoms. The summed E-state index contributed by atoms with van der Waals surface area (Å²) in [5.41, 5.74) is -3.79. The first-order valence-electron chi connectivity index (χ1n) is 23.4. The van der Waals surface area contributed by atoms with E-state index in [2.05, 4.69) is 11.8 Å². The minimum atomic E-state index is -1.82. The van der Waals surface area contributed by atoms with Crippen LogP contribution in [-0.2, 0) is 49.3 Å². The second kappa shape index (κ2) is 23.0. The van der Waals surface area contributed by atoms with E-state index in [0.29, 0.717) is 19.5 Å². The smallest absolute Gasteiger partial charge is 0.459 e. The molecule has 1 aromatic rings. The third-order valence-corrected chi connectivity index (χ3v) is 14.0. The number of ether oxygens (including phenoxy) is 8. The Hall–Kier alpha value is -2.48. The molecule has 3 aliphatic rings. The molecule has 3 fully saturated rings. The van der Waals surface area contributed by atoms with Crippen LogP contribution < -0.4 is 0 Å². The lowest BCUT2D eigenvalue weighted by Gasteiger charge is -2.49. The topological polar surface area (TPSA) is 195 Å². The molecule has 0 saturated carbocycles. The Morgan fingerprint density at radius 3 is 2.17 bits per heavy atom. The molecule has 3 heterocycles. The molecule has 2 unspecified atom stereocenters. The fraction of sp³-hybridized carbons (Fsp3) is 0.833. The van der Waals surface area contributed by atoms with Gasteiger partial charge in [0.1, 0.15) is 24.4 Å². The number of carbonyl (C=O) groups is 2. The molecular weight excluding hydrogens is 829 g/mol. The summed E-state index contributed by atoms with van der Waals surface area (Å²) in [4.78, 5) is 32.1. The van der Waals surface area contributed by atoms with Gasteiger partial charge in [0.25, 0.3) is 0 Å². The first-order valence-corrected chi connectivity index (χ1v) is 23.4. The molecule has 3 saturated heterocycles. The number of likely N-dealkylation sites (N-methyl/N-ethyl adjacent to an activating group) is 1. The third-order valence-electron chi connectivity index (χ3n) is 14.0. The average molecular weight is 911 g/mol. The summed E-state index contributed by atoms with van der Waals surface area (Å²) in [6.45, 7) is 20.7. The van der Waals surface area contributed by atoms with Crippen LogP contribution in [0.4, 0.5) is 4.79 Å². The van der Waals surface area contributed by atoms with Crippen molar-refractivity contribution in [3.63, 3.8) is 0 Å². The van der Waals surface area contributed by atoms with E-state index in [1.807, 2.05) is 77.0 Å². The Kier molecular flexibility index (Phi) is 19.5. The number of cyclic esters (lactones) is 1. The van der Waals surface area contributed by atoms with Gasteiger partial charge in [0, 0.05) is 32.0 Å². The van der Waals surface area contributed by atoms with Gasteiger partial charge in [0.15, 0.2) is 18.7 Å². The number of esters is 1. The maximum Gasteiger partial charge on any atom is 0.509 e. The van der Waals surface area contributed by atoms with Crippen LogP contribution in [0.3, 0.4) is 0 Å². The molecule has 4 rings (SSSR count). The van der Waals surface area contributed by atoms with E-state index >= 15 is 0 Å². The number of benzene rings is 1. The SMILES string of the molecule is CCCN1C[C@@H](C)[C@@H](O)[C@](C)(O)[C@@H](CC)OC(=O)C(C)[C@H](OC2C[C@@](C)(OC)[C@@H](O)[C@H](C)O2)[C@H](C)[C@@H](O[C@@H]2O[C@H](C)C[C@H](N(C)C)[C@H]2OC(=O)OCc2ccccc2)[C@](C)(O)C[C@H]1C. The normalized spacial score (nSPS) is 42.3. The minimum Gasteiger partial charge on any atom is -0.459 e. The highest BCUT2D eigenvalue weighted by Crippen LogP contribution is 2.40. The standard InChI is InChI=1S/C48H82N2O14/c1-15-22-50-26-28(3)40(51)48(11,56)36(16-2)61-43(53)32(7)38(62-37-25-47(10,57-14)41(52)33(8)60-37)31(6)42(46(9,55)24-29(50)4)64-44-39(35(49(12)13)23-30(5)59-44)63-45(54)58-27-34-20-18-17-19-21-34/h17-21,28-33,35-42,44,51-52,55-56H,15-16,22-27H2,1-14H3/t28-,29-,30-,31+,32?,33+,35+,36-,37?,38-,39-,40-,41+,42-,44+,46-,47-,48-/m1/s1. The zero-order chi connectivity index (χ0) is 47.9. The molecule has 0 bridgehead atoms. The number of aliphatic hydroxyl groups is 4. The van der Waals surface area contributed by atoms with Crippen molar-refractivity contribution in [3.8, 4) is 0 Å². The quantitative estimate of drug-likeness (QED) is 0.204. The maximum absolute atomic E-state index is 14.5. The molecule has 0 radical (unpaired) electrons. The van der Waals surface area contributed by atoms with Gasteiger partial charge in [0.2, 0.25) is 0 Å². The third kappa shape index (κ3) is 13.1. The Morgan fingerprint density at radius 2 is 1.58 bits per heavy atom.